The van der Waals surface area contributed by atoms with Crippen LogP contribution in [0, 0.1) is 10.1 Å². The molecule has 0 saturated heterocycles. The second-order valence-electron chi connectivity index (χ2n) is 3.84. The summed E-state index contributed by atoms with van der Waals surface area (Å²) < 4.78 is 0. The van der Waals surface area contributed by atoms with Crippen molar-refractivity contribution in [2.24, 2.45) is 0 Å². The third-order valence-electron chi connectivity index (χ3n) is 2.56. The summed E-state index contributed by atoms with van der Waals surface area (Å²) in [5.74, 6) is 0. The number of nitrogen functional groups attached to an aromatic ring is 1. The van der Waals surface area contributed by atoms with Gasteiger partial charge in [-0.05, 0) is 34.9 Å². The van der Waals surface area contributed by atoms with Gasteiger partial charge in [-0.15, -0.1) is 0 Å². The van der Waals surface area contributed by atoms with Gasteiger partial charge in [0.1, 0.15) is 0 Å². The quantitative estimate of drug-likeness (QED) is 0.493. The van der Waals surface area contributed by atoms with E-state index in [1.165, 1.54) is 17.7 Å². The first kappa shape index (κ1) is 12.4. The van der Waals surface area contributed by atoms with E-state index >= 15 is 0 Å². The smallest absolute Gasteiger partial charge is 0.271 e. The van der Waals surface area contributed by atoms with Crippen molar-refractivity contribution >= 4 is 28.4 Å². The Morgan fingerprint density at radius 3 is 2.83 bits per heavy atom. The minimum atomic E-state index is -0.453. The molecule has 1 aromatic carbocycles. The lowest BCUT2D eigenvalue weighted by Crippen LogP contribution is -2.06. The van der Waals surface area contributed by atoms with E-state index in [0.717, 1.165) is 18.7 Å². The first-order valence-corrected chi connectivity index (χ1v) is 6.40. The maximum atomic E-state index is 10.6. The van der Waals surface area contributed by atoms with E-state index < -0.39 is 4.92 Å². The van der Waals surface area contributed by atoms with Crippen molar-refractivity contribution in [2.45, 2.75) is 6.42 Å². The number of nitrogens with zero attached hydrogens (tertiary/aromatic N) is 1. The highest BCUT2D eigenvalue weighted by molar-refractivity contribution is 7.07. The Hall–Kier alpha value is -2.08. The normalized spacial score (nSPS) is 10.2. The van der Waals surface area contributed by atoms with E-state index in [1.807, 2.05) is 5.38 Å². The number of thiophene rings is 1. The number of benzene rings is 1. The molecule has 0 aliphatic carbocycles. The van der Waals surface area contributed by atoms with Gasteiger partial charge >= 0.3 is 0 Å². The third-order valence-corrected chi connectivity index (χ3v) is 3.29. The molecule has 0 spiro atoms. The van der Waals surface area contributed by atoms with Crippen molar-refractivity contribution in [3.63, 3.8) is 0 Å². The first-order valence-electron chi connectivity index (χ1n) is 5.45. The van der Waals surface area contributed by atoms with Crippen LogP contribution in [0.2, 0.25) is 0 Å². The van der Waals surface area contributed by atoms with Gasteiger partial charge < -0.3 is 11.1 Å². The summed E-state index contributed by atoms with van der Waals surface area (Å²) in [5, 5.41) is 17.9. The van der Waals surface area contributed by atoms with Gasteiger partial charge in [0.25, 0.3) is 5.69 Å². The molecular weight excluding hydrogens is 250 g/mol. The Balaban J connectivity index is 1.95. The van der Waals surface area contributed by atoms with Crippen molar-refractivity contribution in [2.75, 3.05) is 17.6 Å². The molecule has 0 unspecified atom stereocenters. The fourth-order valence-corrected chi connectivity index (χ4v) is 2.30. The molecule has 3 N–H and O–H groups in total. The van der Waals surface area contributed by atoms with Gasteiger partial charge in [0.15, 0.2) is 0 Å². The molecule has 0 fully saturated rings. The van der Waals surface area contributed by atoms with E-state index in [4.69, 9.17) is 5.73 Å². The summed E-state index contributed by atoms with van der Waals surface area (Å²) in [6.45, 7) is 0.749. The van der Waals surface area contributed by atoms with Crippen LogP contribution < -0.4 is 11.1 Å². The van der Waals surface area contributed by atoms with Crippen molar-refractivity contribution in [3.05, 3.63) is 50.7 Å². The van der Waals surface area contributed by atoms with E-state index in [0.29, 0.717) is 5.69 Å². The Morgan fingerprint density at radius 2 is 2.22 bits per heavy atom. The van der Waals surface area contributed by atoms with Crippen molar-refractivity contribution < 1.29 is 4.92 Å². The second kappa shape index (κ2) is 5.50. The zero-order chi connectivity index (χ0) is 13.0. The molecule has 0 bridgehead atoms. The lowest BCUT2D eigenvalue weighted by Gasteiger charge is -2.08. The Bertz CT molecular complexity index is 540. The molecule has 94 valence electrons. The highest BCUT2D eigenvalue weighted by Gasteiger charge is 2.08. The monoisotopic (exact) mass is 263 g/mol. The SMILES string of the molecule is Nc1cc([N+](=O)[O-])ccc1NCCc1ccsc1. The summed E-state index contributed by atoms with van der Waals surface area (Å²) in [5.41, 5.74) is 8.17. The van der Waals surface area contributed by atoms with E-state index in [2.05, 4.69) is 16.8 Å². The van der Waals surface area contributed by atoms with Crippen LogP contribution in [0.15, 0.2) is 35.0 Å². The molecule has 0 saturated carbocycles. The average Bonchev–Trinajstić information content (AvgIpc) is 2.84. The van der Waals surface area contributed by atoms with E-state index in [1.54, 1.807) is 17.4 Å². The Kier molecular flexibility index (Phi) is 3.78. The van der Waals surface area contributed by atoms with Crippen molar-refractivity contribution in [1.29, 1.82) is 0 Å². The highest BCUT2D eigenvalue weighted by Crippen LogP contribution is 2.24. The molecule has 1 aromatic heterocycles. The zero-order valence-electron chi connectivity index (χ0n) is 9.63. The Labute approximate surface area is 108 Å². The van der Waals surface area contributed by atoms with Crippen LogP contribution >= 0.6 is 11.3 Å². The summed E-state index contributed by atoms with van der Waals surface area (Å²) in [6.07, 6.45) is 0.903. The number of hydrogen-bond donors (Lipinski definition) is 2. The summed E-state index contributed by atoms with van der Waals surface area (Å²) in [6, 6.07) is 6.53. The number of nitro benzene ring substituents is 1. The van der Waals surface area contributed by atoms with Gasteiger partial charge in [-0.25, -0.2) is 0 Å². The maximum Gasteiger partial charge on any atom is 0.271 e. The lowest BCUT2D eigenvalue weighted by molar-refractivity contribution is -0.384. The van der Waals surface area contributed by atoms with Gasteiger partial charge in [0, 0.05) is 18.7 Å². The van der Waals surface area contributed by atoms with Gasteiger partial charge in [0.2, 0.25) is 0 Å². The standard InChI is InChI=1S/C12H13N3O2S/c13-11-7-10(15(16)17)1-2-12(11)14-5-3-9-4-6-18-8-9/h1-2,4,6-8,14H,3,5,13H2. The van der Waals surface area contributed by atoms with Crippen LogP contribution in [-0.4, -0.2) is 11.5 Å². The fourth-order valence-electron chi connectivity index (χ4n) is 1.60. The molecule has 1 heterocycles. The zero-order valence-corrected chi connectivity index (χ0v) is 10.4. The molecule has 0 aliphatic rings. The van der Waals surface area contributed by atoms with Crippen LogP contribution in [0.1, 0.15) is 5.56 Å². The topological polar surface area (TPSA) is 81.2 Å². The number of anilines is 2. The van der Waals surface area contributed by atoms with Gasteiger partial charge in [-0.3, -0.25) is 10.1 Å². The summed E-state index contributed by atoms with van der Waals surface area (Å²) in [7, 11) is 0. The molecule has 6 heteroatoms. The van der Waals surface area contributed by atoms with Crippen LogP contribution in [0.5, 0.6) is 0 Å². The minimum Gasteiger partial charge on any atom is -0.397 e. The molecule has 18 heavy (non-hydrogen) atoms. The molecule has 0 atom stereocenters. The van der Waals surface area contributed by atoms with Gasteiger partial charge in [-0.2, -0.15) is 11.3 Å². The Morgan fingerprint density at radius 1 is 1.39 bits per heavy atom. The highest BCUT2D eigenvalue weighted by atomic mass is 32.1. The number of nitrogens with two attached hydrogens (primary N) is 1. The lowest BCUT2D eigenvalue weighted by atomic mass is 10.2. The van der Waals surface area contributed by atoms with Crippen molar-refractivity contribution in [3.8, 4) is 0 Å². The van der Waals surface area contributed by atoms with Crippen LogP contribution in [0.3, 0.4) is 0 Å². The molecule has 0 aliphatic heterocycles. The predicted molar refractivity (Wildman–Crippen MR) is 74.0 cm³/mol. The average molecular weight is 263 g/mol. The fraction of sp³-hybridized carbons (Fsp3) is 0.167. The van der Waals surface area contributed by atoms with E-state index in [-0.39, 0.29) is 5.69 Å². The van der Waals surface area contributed by atoms with Gasteiger partial charge in [-0.1, -0.05) is 0 Å². The van der Waals surface area contributed by atoms with Crippen LogP contribution in [0.25, 0.3) is 0 Å². The summed E-state index contributed by atoms with van der Waals surface area (Å²) in [4.78, 5) is 10.1. The van der Waals surface area contributed by atoms with Crippen LogP contribution in [-0.2, 0) is 6.42 Å². The summed E-state index contributed by atoms with van der Waals surface area (Å²) >= 11 is 1.67. The number of nitrogens with one attached hydrogen (secondary N) is 1. The molecule has 0 radical (unpaired) electrons. The molecule has 5 nitrogen and oxygen atoms in total. The predicted octanol–water partition coefficient (Wildman–Crippen LogP) is 2.89. The molecule has 2 aromatic rings. The second-order valence-corrected chi connectivity index (χ2v) is 4.62. The number of non-ortho nitro benzene ring substituents is 1. The number of hydrogen-bond acceptors (Lipinski definition) is 5. The minimum absolute atomic E-state index is 0.0101. The van der Waals surface area contributed by atoms with Crippen molar-refractivity contribution in [1.82, 2.24) is 0 Å². The maximum absolute atomic E-state index is 10.6. The first-order chi connectivity index (χ1) is 8.66. The third kappa shape index (κ3) is 2.98. The van der Waals surface area contributed by atoms with Gasteiger partial charge in [0.05, 0.1) is 16.3 Å². The largest absolute Gasteiger partial charge is 0.397 e. The van der Waals surface area contributed by atoms with Crippen LogP contribution in [0.4, 0.5) is 17.1 Å². The number of nitro groups is 1. The molecule has 2 rings (SSSR count). The number of rotatable bonds is 5. The molecule has 0 amide bonds. The molecular formula is C12H13N3O2S. The van der Waals surface area contributed by atoms with E-state index in [9.17, 15) is 10.1 Å².